The van der Waals surface area contributed by atoms with Gasteiger partial charge in [0.2, 0.25) is 0 Å². The minimum absolute atomic E-state index is 0.00561. The number of aromatic hydroxyl groups is 1. The van der Waals surface area contributed by atoms with Gasteiger partial charge in [-0.15, -0.1) is 0 Å². The summed E-state index contributed by atoms with van der Waals surface area (Å²) < 4.78 is 16.2. The van der Waals surface area contributed by atoms with Gasteiger partial charge in [-0.2, -0.15) is 0 Å². The molecule has 3 aromatic rings. The molecule has 156 valence electrons. The number of phenolic OH excluding ortho intramolecular Hbond substituents is 1. The smallest absolute Gasteiger partial charge is 0.182 e. The molecule has 0 saturated carbocycles. The van der Waals surface area contributed by atoms with Crippen molar-refractivity contribution >= 4 is 22.5 Å². The molecule has 0 bridgehead atoms. The summed E-state index contributed by atoms with van der Waals surface area (Å²) >= 11 is 0. The molecule has 7 heteroatoms. The van der Waals surface area contributed by atoms with Crippen LogP contribution in [0.15, 0.2) is 53.1 Å². The van der Waals surface area contributed by atoms with Gasteiger partial charge in [0.15, 0.2) is 11.6 Å². The second-order valence-corrected chi connectivity index (χ2v) is 7.20. The fourth-order valence-electron chi connectivity index (χ4n) is 3.82. The van der Waals surface area contributed by atoms with Gasteiger partial charge in [-0.25, -0.2) is 0 Å². The van der Waals surface area contributed by atoms with Crippen molar-refractivity contribution in [3.05, 3.63) is 59.9 Å². The van der Waals surface area contributed by atoms with E-state index in [9.17, 15) is 14.7 Å². The van der Waals surface area contributed by atoms with E-state index < -0.39 is 11.7 Å². The zero-order chi connectivity index (χ0) is 21.1. The number of carbonyl (C=O) groups excluding carboxylic acids is 2. The number of morpholine rings is 1. The van der Waals surface area contributed by atoms with E-state index in [2.05, 4.69) is 0 Å². The number of fused-ring (bicyclic) bond motifs is 1. The lowest BCUT2D eigenvalue weighted by Crippen LogP contribution is -2.43. The van der Waals surface area contributed by atoms with Crippen molar-refractivity contribution in [2.75, 3.05) is 40.0 Å². The van der Waals surface area contributed by atoms with E-state index in [1.165, 1.54) is 19.4 Å². The van der Waals surface area contributed by atoms with E-state index >= 15 is 0 Å². The number of hydrogen-bond acceptors (Lipinski definition) is 7. The number of ether oxygens (including phenoxy) is 2. The van der Waals surface area contributed by atoms with E-state index in [0.717, 1.165) is 0 Å². The first-order chi connectivity index (χ1) is 14.6. The Morgan fingerprint density at radius 1 is 1.13 bits per heavy atom. The van der Waals surface area contributed by atoms with E-state index in [-0.39, 0.29) is 29.4 Å². The Bertz CT molecular complexity index is 1050. The highest BCUT2D eigenvalue weighted by molar-refractivity contribution is 6.19. The molecular weight excluding hydrogens is 386 g/mol. The van der Waals surface area contributed by atoms with Crippen molar-refractivity contribution < 1.29 is 28.6 Å². The van der Waals surface area contributed by atoms with Crippen LogP contribution in [0.1, 0.15) is 20.7 Å². The molecule has 1 aromatic heterocycles. The SMILES string of the molecule is COc1c(C(=O)C(CN2CCOCC2)C(=O)c2ccccc2)c(O)cc2occc12. The topological polar surface area (TPSA) is 89.2 Å². The van der Waals surface area contributed by atoms with Crippen molar-refractivity contribution in [1.82, 2.24) is 4.90 Å². The number of nitrogens with zero attached hydrogens (tertiary/aromatic N) is 1. The van der Waals surface area contributed by atoms with Crippen LogP contribution in [0.25, 0.3) is 11.0 Å². The molecule has 0 amide bonds. The number of rotatable bonds is 7. The van der Waals surface area contributed by atoms with Gasteiger partial charge >= 0.3 is 0 Å². The Labute approximate surface area is 173 Å². The predicted octanol–water partition coefficient (Wildman–Crippen LogP) is 3.16. The first-order valence-corrected chi connectivity index (χ1v) is 9.81. The highest BCUT2D eigenvalue weighted by Crippen LogP contribution is 2.39. The molecule has 0 aliphatic carbocycles. The van der Waals surface area contributed by atoms with Crippen LogP contribution in [-0.4, -0.2) is 61.5 Å². The minimum atomic E-state index is -0.991. The fourth-order valence-corrected chi connectivity index (χ4v) is 3.82. The molecule has 0 radical (unpaired) electrons. The van der Waals surface area contributed by atoms with E-state index in [1.807, 2.05) is 11.0 Å². The third kappa shape index (κ3) is 3.81. The van der Waals surface area contributed by atoms with Gasteiger partial charge in [0.05, 0.1) is 37.9 Å². The molecule has 30 heavy (non-hydrogen) atoms. The summed E-state index contributed by atoms with van der Waals surface area (Å²) in [6.45, 7) is 2.61. The second-order valence-electron chi connectivity index (χ2n) is 7.20. The number of phenols is 1. The van der Waals surface area contributed by atoms with Crippen LogP contribution in [0, 0.1) is 5.92 Å². The van der Waals surface area contributed by atoms with Crippen LogP contribution in [-0.2, 0) is 4.74 Å². The molecule has 0 spiro atoms. The summed E-state index contributed by atoms with van der Waals surface area (Å²) in [6.07, 6.45) is 1.46. The summed E-state index contributed by atoms with van der Waals surface area (Å²) in [5.74, 6) is -1.83. The van der Waals surface area contributed by atoms with Gasteiger partial charge in [0, 0.05) is 31.3 Å². The van der Waals surface area contributed by atoms with E-state index in [4.69, 9.17) is 13.9 Å². The van der Waals surface area contributed by atoms with Gasteiger partial charge in [-0.1, -0.05) is 30.3 Å². The standard InChI is InChI=1S/C23H23NO6/c1-28-23-16-7-10-30-19(16)13-18(25)20(23)22(27)17(14-24-8-11-29-12-9-24)21(26)15-5-3-2-4-6-15/h2-7,10,13,17,25H,8-9,11-12,14H2,1H3. The quantitative estimate of drug-likeness (QED) is 0.474. The lowest BCUT2D eigenvalue weighted by atomic mass is 9.88. The fraction of sp³-hybridized carbons (Fsp3) is 0.304. The first-order valence-electron chi connectivity index (χ1n) is 9.81. The molecule has 1 aliphatic rings. The maximum Gasteiger partial charge on any atom is 0.182 e. The minimum Gasteiger partial charge on any atom is -0.507 e. The normalized spacial score (nSPS) is 15.8. The van der Waals surface area contributed by atoms with Crippen LogP contribution < -0.4 is 4.74 Å². The average molecular weight is 409 g/mol. The first kappa shape index (κ1) is 20.1. The molecular formula is C23H23NO6. The summed E-state index contributed by atoms with van der Waals surface area (Å²) in [6, 6.07) is 11.8. The maximum atomic E-state index is 13.7. The third-order valence-corrected chi connectivity index (χ3v) is 5.38. The van der Waals surface area contributed by atoms with Crippen LogP contribution in [0.2, 0.25) is 0 Å². The largest absolute Gasteiger partial charge is 0.507 e. The number of furan rings is 1. The molecule has 2 aromatic carbocycles. The number of hydrogen-bond donors (Lipinski definition) is 1. The molecule has 4 rings (SSSR count). The van der Waals surface area contributed by atoms with Gasteiger partial charge in [-0.3, -0.25) is 14.5 Å². The summed E-state index contributed by atoms with van der Waals surface area (Å²) in [4.78, 5) is 29.0. The molecule has 1 aliphatic heterocycles. The van der Waals surface area contributed by atoms with Crippen LogP contribution in [0.4, 0.5) is 0 Å². The molecule has 1 atom stereocenters. The molecule has 1 saturated heterocycles. The van der Waals surface area contributed by atoms with E-state index in [1.54, 1.807) is 30.3 Å². The Morgan fingerprint density at radius 3 is 2.57 bits per heavy atom. The molecule has 1 unspecified atom stereocenters. The van der Waals surface area contributed by atoms with Gasteiger partial charge < -0.3 is 19.0 Å². The Morgan fingerprint density at radius 2 is 1.87 bits per heavy atom. The van der Waals surface area contributed by atoms with Crippen LogP contribution in [0.5, 0.6) is 11.5 Å². The van der Waals surface area contributed by atoms with Gasteiger partial charge in [0.25, 0.3) is 0 Å². The third-order valence-electron chi connectivity index (χ3n) is 5.38. The number of Topliss-reactive ketones (excluding diaryl/α,β-unsaturated/α-hetero) is 2. The summed E-state index contributed by atoms with van der Waals surface area (Å²) in [7, 11) is 1.42. The van der Waals surface area contributed by atoms with Crippen molar-refractivity contribution in [2.45, 2.75) is 0 Å². The Hall–Kier alpha value is -3.16. The summed E-state index contributed by atoms with van der Waals surface area (Å²) in [5, 5.41) is 11.2. The summed E-state index contributed by atoms with van der Waals surface area (Å²) in [5.41, 5.74) is 0.848. The average Bonchev–Trinajstić information content (AvgIpc) is 3.25. The lowest BCUT2D eigenvalue weighted by molar-refractivity contribution is 0.0297. The number of carbonyl (C=O) groups is 2. The van der Waals surface area contributed by atoms with Gasteiger partial charge in [0.1, 0.15) is 22.6 Å². The molecule has 7 nitrogen and oxygen atoms in total. The number of methoxy groups -OCH3 is 1. The number of benzene rings is 2. The van der Waals surface area contributed by atoms with E-state index in [0.29, 0.717) is 42.8 Å². The number of ketones is 2. The van der Waals surface area contributed by atoms with Crippen LogP contribution >= 0.6 is 0 Å². The van der Waals surface area contributed by atoms with Crippen molar-refractivity contribution in [3.8, 4) is 11.5 Å². The van der Waals surface area contributed by atoms with Crippen molar-refractivity contribution in [2.24, 2.45) is 5.92 Å². The lowest BCUT2D eigenvalue weighted by Gasteiger charge is -2.29. The van der Waals surface area contributed by atoms with Gasteiger partial charge in [-0.05, 0) is 6.07 Å². The predicted molar refractivity (Wildman–Crippen MR) is 110 cm³/mol. The highest BCUT2D eigenvalue weighted by Gasteiger charge is 2.35. The van der Waals surface area contributed by atoms with Crippen molar-refractivity contribution in [1.29, 1.82) is 0 Å². The second kappa shape index (κ2) is 8.69. The Kier molecular flexibility index (Phi) is 5.83. The monoisotopic (exact) mass is 409 g/mol. The Balaban J connectivity index is 1.76. The molecule has 1 N–H and O–H groups in total. The molecule has 1 fully saturated rings. The molecule has 2 heterocycles. The maximum absolute atomic E-state index is 13.7. The zero-order valence-corrected chi connectivity index (χ0v) is 16.7. The zero-order valence-electron chi connectivity index (χ0n) is 16.7. The van der Waals surface area contributed by atoms with Crippen molar-refractivity contribution in [3.63, 3.8) is 0 Å². The van der Waals surface area contributed by atoms with Crippen LogP contribution in [0.3, 0.4) is 0 Å². The highest BCUT2D eigenvalue weighted by atomic mass is 16.5.